The number of aliphatic hydroxyl groups excluding tert-OH is 2. The van der Waals surface area contributed by atoms with E-state index in [-0.39, 0.29) is 66.6 Å². The lowest BCUT2D eigenvalue weighted by Gasteiger charge is -2.70. The molecule has 0 radical (unpaired) electrons. The maximum Gasteiger partial charge on any atom is 0.344 e. The van der Waals surface area contributed by atoms with E-state index in [9.17, 15) is 14.7 Å². The zero-order valence-corrected chi connectivity index (χ0v) is 31.2. The molecule has 0 bridgehead atoms. The second-order valence-electron chi connectivity index (χ2n) is 17.7. The molecule has 2 N–H and O–H groups in total. The van der Waals surface area contributed by atoms with Crippen molar-refractivity contribution in [2.45, 2.75) is 105 Å². The number of aromatic nitrogens is 2. The van der Waals surface area contributed by atoms with Gasteiger partial charge in [0.25, 0.3) is 0 Å². The van der Waals surface area contributed by atoms with Crippen LogP contribution in [0.2, 0.25) is 0 Å². The van der Waals surface area contributed by atoms with Gasteiger partial charge in [-0.25, -0.2) is 4.79 Å². The predicted octanol–water partition coefficient (Wildman–Crippen LogP) is 5.38. The summed E-state index contributed by atoms with van der Waals surface area (Å²) < 4.78 is 21.7. The Labute approximate surface area is 298 Å². The second-order valence-corrected chi connectivity index (χ2v) is 17.7. The van der Waals surface area contributed by atoms with Crippen molar-refractivity contribution >= 4 is 11.9 Å². The van der Waals surface area contributed by atoms with Gasteiger partial charge in [0, 0.05) is 17.8 Å². The Hall–Kier alpha value is -2.40. The minimum atomic E-state index is -0.655. The fraction of sp³-hybridized carbons (Fsp3) is 0.800. The van der Waals surface area contributed by atoms with Gasteiger partial charge in [0.15, 0.2) is 6.61 Å². The largest absolute Gasteiger partial charge is 0.461 e. The number of fused-ring (bicyclic) bond motifs is 8. The number of esters is 2. The molecule has 1 aromatic heterocycles. The number of allylic oxidation sites excluding steroid dienone is 2. The molecule has 0 saturated heterocycles. The van der Waals surface area contributed by atoms with Crippen molar-refractivity contribution in [2.75, 3.05) is 52.9 Å². The summed E-state index contributed by atoms with van der Waals surface area (Å²) in [6, 6.07) is 0. The maximum absolute atomic E-state index is 14.2. The van der Waals surface area contributed by atoms with E-state index in [0.717, 1.165) is 69.2 Å². The Morgan fingerprint density at radius 1 is 0.840 bits per heavy atom. The summed E-state index contributed by atoms with van der Waals surface area (Å²) in [5.74, 6) is -0.0944. The van der Waals surface area contributed by atoms with Crippen LogP contribution in [-0.2, 0) is 40.4 Å². The Morgan fingerprint density at radius 2 is 1.54 bits per heavy atom. The van der Waals surface area contributed by atoms with Gasteiger partial charge in [-0.2, -0.15) is 0 Å². The van der Waals surface area contributed by atoms with E-state index >= 15 is 0 Å². The highest BCUT2D eigenvalue weighted by Gasteiger charge is 2.69. The van der Waals surface area contributed by atoms with Gasteiger partial charge in [-0.05, 0) is 97.2 Å². The van der Waals surface area contributed by atoms with Gasteiger partial charge < -0.3 is 29.2 Å². The van der Waals surface area contributed by atoms with Crippen LogP contribution >= 0.6 is 0 Å². The summed E-state index contributed by atoms with van der Waals surface area (Å²) in [5.41, 5.74) is 2.28. The van der Waals surface area contributed by atoms with Crippen LogP contribution in [0.25, 0.3) is 0 Å². The summed E-state index contributed by atoms with van der Waals surface area (Å²) in [6.45, 7) is 15.2. The molecule has 10 nitrogen and oxygen atoms in total. The van der Waals surface area contributed by atoms with Crippen molar-refractivity contribution in [3.63, 3.8) is 0 Å². The van der Waals surface area contributed by atoms with E-state index in [1.165, 1.54) is 5.57 Å². The highest BCUT2D eigenvalue weighted by molar-refractivity contribution is 5.81. The van der Waals surface area contributed by atoms with Crippen molar-refractivity contribution in [3.8, 4) is 0 Å². The van der Waals surface area contributed by atoms with Crippen LogP contribution in [-0.4, -0.2) is 85.0 Å². The minimum Gasteiger partial charge on any atom is -0.461 e. The first kappa shape index (κ1) is 37.4. The standard InChI is InChI=1S/C40H60N2O8/c1-35(2)11-13-40(34(46)50-25-32(45)49-22-21-48-20-19-47-18-17-43)14-12-38(5)27(28(40)23-35)7-8-31-36(3)24-29-33(42-16-15-41-29)37(4,26-44)30(36)9-10-39(31,38)6/h7,15-16,28,30-31,43-44H,8-14,17-26H2,1-6H3/t28-,30+,31+,36-,37-,38+,39+,40-/m0/s1. The van der Waals surface area contributed by atoms with Crippen LogP contribution in [0.1, 0.15) is 104 Å². The van der Waals surface area contributed by atoms with Crippen molar-refractivity contribution < 1.29 is 38.7 Å². The zero-order chi connectivity index (χ0) is 36.0. The third-order valence-electron chi connectivity index (χ3n) is 14.7. The van der Waals surface area contributed by atoms with E-state index in [0.29, 0.717) is 25.0 Å². The van der Waals surface area contributed by atoms with Gasteiger partial charge in [0.05, 0.1) is 56.4 Å². The molecule has 0 amide bonds. The number of hydrogen-bond donors (Lipinski definition) is 2. The number of ether oxygens (including phenoxy) is 4. The van der Waals surface area contributed by atoms with E-state index in [1.807, 2.05) is 0 Å². The van der Waals surface area contributed by atoms with Gasteiger partial charge in [-0.3, -0.25) is 14.8 Å². The number of hydrogen-bond acceptors (Lipinski definition) is 10. The van der Waals surface area contributed by atoms with Gasteiger partial charge in [0.2, 0.25) is 0 Å². The predicted molar refractivity (Wildman–Crippen MR) is 187 cm³/mol. The summed E-state index contributed by atoms with van der Waals surface area (Å²) in [4.78, 5) is 36.4. The van der Waals surface area contributed by atoms with Crippen LogP contribution in [0, 0.1) is 44.8 Å². The summed E-state index contributed by atoms with van der Waals surface area (Å²) in [5, 5.41) is 19.7. The van der Waals surface area contributed by atoms with Crippen LogP contribution in [0.15, 0.2) is 24.0 Å². The second kappa shape index (κ2) is 13.9. The Morgan fingerprint density at radius 3 is 2.28 bits per heavy atom. The van der Waals surface area contributed by atoms with E-state index < -0.39 is 23.4 Å². The molecule has 0 unspecified atom stereocenters. The first-order chi connectivity index (χ1) is 23.7. The lowest BCUT2D eigenvalue weighted by molar-refractivity contribution is -0.185. The number of nitrogens with zero attached hydrogens (tertiary/aromatic N) is 2. The van der Waals surface area contributed by atoms with Crippen molar-refractivity contribution in [3.05, 3.63) is 35.4 Å². The molecule has 278 valence electrons. The van der Waals surface area contributed by atoms with Gasteiger partial charge in [-0.1, -0.05) is 53.2 Å². The number of rotatable bonds is 12. The molecule has 8 atom stereocenters. The zero-order valence-electron chi connectivity index (χ0n) is 31.2. The molecule has 1 heterocycles. The first-order valence-electron chi connectivity index (χ1n) is 18.9. The topological polar surface area (TPSA) is 137 Å². The fourth-order valence-electron chi connectivity index (χ4n) is 11.9. The van der Waals surface area contributed by atoms with Crippen LogP contribution in [0.4, 0.5) is 0 Å². The number of aliphatic hydroxyl groups is 2. The van der Waals surface area contributed by atoms with Gasteiger partial charge in [-0.15, -0.1) is 0 Å². The molecule has 50 heavy (non-hydrogen) atoms. The van der Waals surface area contributed by atoms with Crippen LogP contribution < -0.4 is 0 Å². The monoisotopic (exact) mass is 696 g/mol. The van der Waals surface area contributed by atoms with E-state index in [2.05, 4.69) is 47.6 Å². The fourth-order valence-corrected chi connectivity index (χ4v) is 11.9. The van der Waals surface area contributed by atoms with Gasteiger partial charge in [0.1, 0.15) is 6.61 Å². The number of carbonyl (C=O) groups excluding carboxylic acids is 2. The lowest BCUT2D eigenvalue weighted by Crippen LogP contribution is -2.65. The molecule has 6 rings (SSSR count). The third-order valence-corrected chi connectivity index (χ3v) is 14.7. The summed E-state index contributed by atoms with van der Waals surface area (Å²) >= 11 is 0. The molecule has 5 aliphatic carbocycles. The van der Waals surface area contributed by atoms with E-state index in [1.54, 1.807) is 12.4 Å². The summed E-state index contributed by atoms with van der Waals surface area (Å²) in [6.07, 6.45) is 14.2. The molecule has 5 aliphatic rings. The summed E-state index contributed by atoms with van der Waals surface area (Å²) in [7, 11) is 0. The molecule has 3 saturated carbocycles. The molecular formula is C40H60N2O8. The van der Waals surface area contributed by atoms with Crippen molar-refractivity contribution in [2.24, 2.45) is 44.8 Å². The third kappa shape index (κ3) is 6.03. The smallest absolute Gasteiger partial charge is 0.344 e. The van der Waals surface area contributed by atoms with E-state index in [4.69, 9.17) is 34.0 Å². The number of carbonyl (C=O) groups is 2. The maximum atomic E-state index is 14.2. The Balaban J connectivity index is 1.21. The Bertz CT molecular complexity index is 1460. The highest BCUT2D eigenvalue weighted by Crippen LogP contribution is 2.75. The average Bonchev–Trinajstić information content (AvgIpc) is 3.08. The first-order valence-corrected chi connectivity index (χ1v) is 18.9. The van der Waals surface area contributed by atoms with Crippen LogP contribution in [0.3, 0.4) is 0 Å². The Kier molecular flexibility index (Phi) is 10.4. The molecule has 0 aliphatic heterocycles. The molecule has 0 spiro atoms. The molecular weight excluding hydrogens is 636 g/mol. The van der Waals surface area contributed by atoms with Crippen molar-refractivity contribution in [1.82, 2.24) is 9.97 Å². The SMILES string of the molecule is CC1(C)CC[C@]2(C(=O)OCC(=O)OCCOCCOCCO)CC[C@]3(C)C(=CC[C@@H]4[C@@]5(C)Cc6nccnc6[C@@](C)(CO)[C@@H]5CC[C@]43C)[C@@H]2C1. The quantitative estimate of drug-likeness (QED) is 0.167. The highest BCUT2D eigenvalue weighted by atomic mass is 16.6. The molecule has 0 aromatic carbocycles. The van der Waals surface area contributed by atoms with Gasteiger partial charge >= 0.3 is 11.9 Å². The van der Waals surface area contributed by atoms with Crippen LogP contribution in [0.5, 0.6) is 0 Å². The molecule has 10 heteroatoms. The average molecular weight is 697 g/mol. The molecule has 3 fully saturated rings. The normalized spacial score (nSPS) is 38.3. The van der Waals surface area contributed by atoms with Crippen molar-refractivity contribution in [1.29, 1.82) is 0 Å². The lowest BCUT2D eigenvalue weighted by atomic mass is 9.33. The molecule has 1 aromatic rings. The minimum absolute atomic E-state index is 0.00685.